The molecule has 1 aromatic heterocycles. The van der Waals surface area contributed by atoms with Gasteiger partial charge < -0.3 is 4.57 Å². The minimum atomic E-state index is -3.80. The third-order valence-electron chi connectivity index (χ3n) is 2.98. The van der Waals surface area contributed by atoms with E-state index in [1.807, 2.05) is 0 Å². The van der Waals surface area contributed by atoms with E-state index in [0.717, 1.165) is 0 Å². The summed E-state index contributed by atoms with van der Waals surface area (Å²) in [6.07, 6.45) is 1.78. The van der Waals surface area contributed by atoms with Crippen molar-refractivity contribution < 1.29 is 16.8 Å². The van der Waals surface area contributed by atoms with Gasteiger partial charge in [-0.1, -0.05) is 11.6 Å². The topological polar surface area (TPSA) is 98.1 Å². The van der Waals surface area contributed by atoms with Crippen LogP contribution < -0.4 is 4.72 Å². The van der Waals surface area contributed by atoms with E-state index in [1.54, 1.807) is 7.05 Å². The Morgan fingerprint density at radius 2 is 2.26 bits per heavy atom. The van der Waals surface area contributed by atoms with Crippen LogP contribution in [0.3, 0.4) is 0 Å². The number of aryl methyl sites for hydroxylation is 1. The van der Waals surface area contributed by atoms with E-state index in [1.165, 1.54) is 10.9 Å². The minimum absolute atomic E-state index is 0.0193. The van der Waals surface area contributed by atoms with Crippen molar-refractivity contribution in [3.05, 3.63) is 11.5 Å². The van der Waals surface area contributed by atoms with Gasteiger partial charge in [0.2, 0.25) is 5.03 Å². The van der Waals surface area contributed by atoms with Crippen molar-refractivity contribution in [1.29, 1.82) is 0 Å². The first kappa shape index (κ1) is 14.8. The molecule has 19 heavy (non-hydrogen) atoms. The van der Waals surface area contributed by atoms with Gasteiger partial charge in [-0.05, 0) is 12.3 Å². The molecule has 1 fully saturated rings. The largest absolute Gasteiger partial charge is 0.324 e. The maximum atomic E-state index is 12.0. The highest BCUT2D eigenvalue weighted by Gasteiger charge is 2.30. The summed E-state index contributed by atoms with van der Waals surface area (Å²) in [5.41, 5.74) is 0. The average molecular weight is 328 g/mol. The van der Waals surface area contributed by atoms with Crippen LogP contribution >= 0.6 is 11.6 Å². The van der Waals surface area contributed by atoms with Crippen LogP contribution in [0, 0.1) is 5.92 Å². The second kappa shape index (κ2) is 5.04. The number of rotatable bonds is 4. The van der Waals surface area contributed by atoms with Crippen molar-refractivity contribution in [1.82, 2.24) is 14.3 Å². The van der Waals surface area contributed by atoms with E-state index in [0.29, 0.717) is 6.42 Å². The summed E-state index contributed by atoms with van der Waals surface area (Å²) in [6.45, 7) is 0.0778. The second-order valence-electron chi connectivity index (χ2n) is 4.57. The SMILES string of the molecule is Cn1cnc(S(=O)(=O)NCC2CCS(=O)(=O)C2)c1Cl. The summed E-state index contributed by atoms with van der Waals surface area (Å²) in [5.74, 6) is -0.0582. The highest BCUT2D eigenvalue weighted by Crippen LogP contribution is 2.20. The van der Waals surface area contributed by atoms with Crippen LogP contribution in [-0.2, 0) is 26.9 Å². The van der Waals surface area contributed by atoms with Gasteiger partial charge in [-0.2, -0.15) is 0 Å². The molecule has 10 heteroatoms. The van der Waals surface area contributed by atoms with Crippen LogP contribution in [0.5, 0.6) is 0 Å². The first-order valence-electron chi connectivity index (χ1n) is 5.58. The summed E-state index contributed by atoms with van der Waals surface area (Å²) < 4.78 is 50.2. The number of hydrogen-bond donors (Lipinski definition) is 1. The van der Waals surface area contributed by atoms with E-state index >= 15 is 0 Å². The number of sulfonamides is 1. The van der Waals surface area contributed by atoms with E-state index in [4.69, 9.17) is 11.6 Å². The number of aromatic nitrogens is 2. The molecule has 2 rings (SSSR count). The molecule has 0 aromatic carbocycles. The Kier molecular flexibility index (Phi) is 3.92. The predicted octanol–water partition coefficient (Wildman–Crippen LogP) is -0.214. The van der Waals surface area contributed by atoms with E-state index in [2.05, 4.69) is 9.71 Å². The standard InChI is InChI=1S/C9H14ClN3O4S2/c1-13-6-11-9(8(13)10)19(16,17)12-4-7-2-3-18(14,15)5-7/h6-7,12H,2-5H2,1H3. The molecule has 1 aromatic rings. The zero-order valence-corrected chi connectivity index (χ0v) is 12.6. The number of imidazole rings is 1. The number of nitrogens with one attached hydrogen (secondary N) is 1. The van der Waals surface area contributed by atoms with Gasteiger partial charge in [0.15, 0.2) is 9.84 Å². The maximum Gasteiger partial charge on any atom is 0.261 e. The van der Waals surface area contributed by atoms with Crippen LogP contribution in [0.2, 0.25) is 5.15 Å². The minimum Gasteiger partial charge on any atom is -0.324 e. The van der Waals surface area contributed by atoms with Gasteiger partial charge in [0.1, 0.15) is 5.15 Å². The van der Waals surface area contributed by atoms with Gasteiger partial charge in [0, 0.05) is 13.6 Å². The monoisotopic (exact) mass is 327 g/mol. The van der Waals surface area contributed by atoms with Gasteiger partial charge >= 0.3 is 0 Å². The summed E-state index contributed by atoms with van der Waals surface area (Å²) in [4.78, 5) is 3.72. The molecule has 7 nitrogen and oxygen atoms in total. The smallest absolute Gasteiger partial charge is 0.261 e. The molecule has 1 N–H and O–H groups in total. The van der Waals surface area contributed by atoms with Crippen LogP contribution in [0.1, 0.15) is 6.42 Å². The zero-order chi connectivity index (χ0) is 14.3. The Balaban J connectivity index is 2.05. The molecule has 1 aliphatic rings. The highest BCUT2D eigenvalue weighted by atomic mass is 35.5. The summed E-state index contributed by atoms with van der Waals surface area (Å²) in [7, 11) is -5.23. The first-order chi connectivity index (χ1) is 8.71. The van der Waals surface area contributed by atoms with Crippen molar-refractivity contribution >= 4 is 31.5 Å². The van der Waals surface area contributed by atoms with Crippen LogP contribution in [-0.4, -0.2) is 44.4 Å². The Morgan fingerprint density at radius 1 is 1.58 bits per heavy atom. The molecular weight excluding hydrogens is 314 g/mol. The molecule has 0 radical (unpaired) electrons. The van der Waals surface area contributed by atoms with Gasteiger partial charge in [0.05, 0.1) is 17.8 Å². The van der Waals surface area contributed by atoms with Gasteiger partial charge in [-0.3, -0.25) is 0 Å². The average Bonchev–Trinajstić information content (AvgIpc) is 2.81. The molecule has 0 amide bonds. The molecule has 0 aliphatic carbocycles. The maximum absolute atomic E-state index is 12.0. The highest BCUT2D eigenvalue weighted by molar-refractivity contribution is 7.91. The van der Waals surface area contributed by atoms with E-state index in [9.17, 15) is 16.8 Å². The molecular formula is C9H14ClN3O4S2. The molecule has 0 saturated carbocycles. The van der Waals surface area contributed by atoms with Crippen LogP contribution in [0.15, 0.2) is 11.4 Å². The predicted molar refractivity (Wildman–Crippen MR) is 70.2 cm³/mol. The Hall–Kier alpha value is -0.640. The lowest BCUT2D eigenvalue weighted by molar-refractivity contribution is 0.541. The van der Waals surface area contributed by atoms with Crippen molar-refractivity contribution in [2.24, 2.45) is 13.0 Å². The van der Waals surface area contributed by atoms with Crippen molar-refractivity contribution in [3.63, 3.8) is 0 Å². The van der Waals surface area contributed by atoms with Crippen molar-refractivity contribution in [2.45, 2.75) is 11.4 Å². The first-order valence-corrected chi connectivity index (χ1v) is 9.26. The lowest BCUT2D eigenvalue weighted by atomic mass is 10.1. The second-order valence-corrected chi connectivity index (χ2v) is 8.84. The van der Waals surface area contributed by atoms with Gasteiger partial charge in [0.25, 0.3) is 10.0 Å². The van der Waals surface area contributed by atoms with Gasteiger partial charge in [-0.25, -0.2) is 26.5 Å². The third-order valence-corrected chi connectivity index (χ3v) is 6.73. The summed E-state index contributed by atoms with van der Waals surface area (Å²) >= 11 is 5.82. The molecule has 1 aliphatic heterocycles. The number of hydrogen-bond acceptors (Lipinski definition) is 5. The molecule has 108 valence electrons. The number of sulfone groups is 1. The molecule has 0 spiro atoms. The fourth-order valence-corrected chi connectivity index (χ4v) is 5.31. The Labute approximate surface area is 116 Å². The van der Waals surface area contributed by atoms with E-state index in [-0.39, 0.29) is 34.1 Å². The molecule has 0 bridgehead atoms. The molecule has 2 heterocycles. The number of halogens is 1. The molecule has 1 atom stereocenters. The third kappa shape index (κ3) is 3.28. The molecule has 1 unspecified atom stereocenters. The zero-order valence-electron chi connectivity index (χ0n) is 10.2. The normalized spacial score (nSPS) is 22.7. The van der Waals surface area contributed by atoms with Crippen molar-refractivity contribution in [2.75, 3.05) is 18.1 Å². The van der Waals surface area contributed by atoms with Crippen molar-refractivity contribution in [3.8, 4) is 0 Å². The Morgan fingerprint density at radius 3 is 2.74 bits per heavy atom. The summed E-state index contributed by atoms with van der Waals surface area (Å²) in [6, 6.07) is 0. The Bertz CT molecular complexity index is 680. The van der Waals surface area contributed by atoms with Crippen LogP contribution in [0.25, 0.3) is 0 Å². The van der Waals surface area contributed by atoms with Crippen LogP contribution in [0.4, 0.5) is 0 Å². The number of nitrogens with zero attached hydrogens (tertiary/aromatic N) is 2. The fourth-order valence-electron chi connectivity index (χ4n) is 1.90. The lowest BCUT2D eigenvalue weighted by Crippen LogP contribution is -2.30. The summed E-state index contributed by atoms with van der Waals surface area (Å²) in [5, 5.41) is -0.218. The lowest BCUT2D eigenvalue weighted by Gasteiger charge is -2.09. The fraction of sp³-hybridized carbons (Fsp3) is 0.667. The molecule has 1 saturated heterocycles. The van der Waals surface area contributed by atoms with E-state index < -0.39 is 19.9 Å². The quantitative estimate of drug-likeness (QED) is 0.825. The van der Waals surface area contributed by atoms with Gasteiger partial charge in [-0.15, -0.1) is 0 Å².